The van der Waals surface area contributed by atoms with Gasteiger partial charge in [-0.3, -0.25) is 0 Å². The van der Waals surface area contributed by atoms with Crippen molar-refractivity contribution in [3.63, 3.8) is 0 Å². The molecule has 120 valence electrons. The predicted molar refractivity (Wildman–Crippen MR) is 70.4 cm³/mol. The Hall–Kier alpha value is 0.330. The first-order valence-electron chi connectivity index (χ1n) is 6.05. The summed E-state index contributed by atoms with van der Waals surface area (Å²) in [6, 6.07) is 0. The zero-order chi connectivity index (χ0) is 15.5. The molecule has 3 aliphatic rings. The van der Waals surface area contributed by atoms with Gasteiger partial charge in [0.15, 0.2) is 6.29 Å². The Labute approximate surface area is 135 Å². The van der Waals surface area contributed by atoms with Crippen LogP contribution in [-0.4, -0.2) is 52.4 Å². The third kappa shape index (κ3) is 2.81. The van der Waals surface area contributed by atoms with Crippen LogP contribution in [-0.2, 0) is 28.7 Å². The van der Waals surface area contributed by atoms with Crippen LogP contribution in [0.1, 0.15) is 6.92 Å². The first-order valence-corrected chi connectivity index (χ1v) is 7.18. The third-order valence-electron chi connectivity index (χ3n) is 3.29. The quantitative estimate of drug-likeness (QED) is 0.429. The van der Waals surface area contributed by atoms with Gasteiger partial charge < -0.3 is 24.1 Å². The van der Waals surface area contributed by atoms with Gasteiger partial charge in [-0.25, -0.2) is 0 Å². The van der Waals surface area contributed by atoms with Crippen LogP contribution >= 0.6 is 34.8 Å². The van der Waals surface area contributed by atoms with Gasteiger partial charge in [-0.05, 0) is 19.1 Å². The minimum atomic E-state index is -1.76. The van der Waals surface area contributed by atoms with E-state index in [0.29, 0.717) is 0 Å². The molecule has 3 unspecified atom stereocenters. The lowest BCUT2D eigenvalue weighted by Crippen LogP contribution is -2.51. The molecule has 3 aliphatic heterocycles. The largest absolute Gasteiger partial charge is 0.372 e. The summed E-state index contributed by atoms with van der Waals surface area (Å²) in [5.74, 6) is -2.97. The van der Waals surface area contributed by atoms with E-state index in [1.807, 2.05) is 0 Å². The fourth-order valence-corrected chi connectivity index (χ4v) is 2.66. The van der Waals surface area contributed by atoms with E-state index in [1.165, 1.54) is 26.2 Å². The second kappa shape index (κ2) is 5.17. The van der Waals surface area contributed by atoms with Crippen molar-refractivity contribution in [3.05, 3.63) is 12.2 Å². The van der Waals surface area contributed by atoms with E-state index in [-0.39, 0.29) is 0 Å². The van der Waals surface area contributed by atoms with E-state index in [0.717, 1.165) is 0 Å². The Morgan fingerprint density at radius 3 is 2.43 bits per heavy atom. The lowest BCUT2D eigenvalue weighted by atomic mass is 10.1. The average Bonchev–Trinajstić information content (AvgIpc) is 2.88. The lowest BCUT2D eigenvalue weighted by molar-refractivity contribution is -0.494. The van der Waals surface area contributed by atoms with Crippen molar-refractivity contribution in [1.82, 2.24) is 0 Å². The second-order valence-electron chi connectivity index (χ2n) is 5.03. The van der Waals surface area contributed by atoms with Crippen LogP contribution in [0.5, 0.6) is 0 Å². The second-order valence-corrected chi connectivity index (χ2v) is 7.40. The van der Waals surface area contributed by atoms with E-state index < -0.39 is 40.2 Å². The van der Waals surface area contributed by atoms with Gasteiger partial charge in [0, 0.05) is 7.11 Å². The van der Waals surface area contributed by atoms with E-state index in [4.69, 9.17) is 63.5 Å². The molecule has 21 heavy (non-hydrogen) atoms. The molecule has 0 aromatic carbocycles. The van der Waals surface area contributed by atoms with Crippen molar-refractivity contribution < 1.29 is 33.8 Å². The molecule has 0 saturated carbocycles. The molecule has 2 fully saturated rings. The van der Waals surface area contributed by atoms with Crippen LogP contribution in [0, 0.1) is 0 Å². The zero-order valence-electron chi connectivity index (χ0n) is 11.0. The Kier molecular flexibility index (Phi) is 3.99. The van der Waals surface area contributed by atoms with Crippen molar-refractivity contribution >= 4 is 34.8 Å². The molecule has 0 aromatic rings. The van der Waals surface area contributed by atoms with Crippen molar-refractivity contribution in [2.24, 2.45) is 0 Å². The van der Waals surface area contributed by atoms with E-state index in [9.17, 15) is 5.11 Å². The first-order chi connectivity index (χ1) is 9.67. The highest BCUT2D eigenvalue weighted by Gasteiger charge is 2.65. The van der Waals surface area contributed by atoms with E-state index >= 15 is 0 Å². The number of aliphatic hydroxyl groups is 1. The molecule has 6 atom stereocenters. The average molecular weight is 364 g/mol. The molecule has 0 aromatic heterocycles. The van der Waals surface area contributed by atoms with Crippen LogP contribution in [0.15, 0.2) is 12.2 Å². The highest BCUT2D eigenvalue weighted by molar-refractivity contribution is 6.67. The number of rotatable bonds is 1. The summed E-state index contributed by atoms with van der Waals surface area (Å²) in [6.07, 6.45) is -0.550. The summed E-state index contributed by atoms with van der Waals surface area (Å²) in [4.78, 5) is 10.0. The fraction of sp³-hybridized carbons (Fsp3) is 0.818. The fourth-order valence-electron chi connectivity index (χ4n) is 2.35. The van der Waals surface area contributed by atoms with Crippen LogP contribution in [0.25, 0.3) is 0 Å². The summed E-state index contributed by atoms with van der Waals surface area (Å²) in [5.41, 5.74) is 0. The lowest BCUT2D eigenvalue weighted by Gasteiger charge is -2.36. The van der Waals surface area contributed by atoms with Crippen LogP contribution in [0.3, 0.4) is 0 Å². The minimum Gasteiger partial charge on any atom is -0.372 e. The number of methoxy groups -OCH3 is 1. The highest BCUT2D eigenvalue weighted by atomic mass is 35.6. The number of hydrogen-bond donors (Lipinski definition) is 1. The standard InChI is InChI=1S/C11H13Cl3O7/c1-9(15)3-4-10(21-20-9)6(16-2)5-7(19-10)18-8(17-5)11(12,13)14/h3-8,15H,1-2H3/t5-,6-,7+,8?,9?,10?/m1/s1. The Balaban J connectivity index is 1.81. The topological polar surface area (TPSA) is 75.6 Å². The number of alkyl halides is 3. The molecule has 10 heteroatoms. The van der Waals surface area contributed by atoms with Gasteiger partial charge >= 0.3 is 0 Å². The Bertz CT molecular complexity index is 452. The van der Waals surface area contributed by atoms with Gasteiger partial charge in [0.05, 0.1) is 0 Å². The maximum absolute atomic E-state index is 9.68. The molecule has 0 aliphatic carbocycles. The molecule has 3 heterocycles. The van der Waals surface area contributed by atoms with Gasteiger partial charge in [0.1, 0.15) is 12.2 Å². The summed E-state index contributed by atoms with van der Waals surface area (Å²) in [7, 11) is 1.44. The van der Waals surface area contributed by atoms with Gasteiger partial charge in [-0.15, -0.1) is 0 Å². The third-order valence-corrected chi connectivity index (χ3v) is 3.82. The molecule has 1 N–H and O–H groups in total. The van der Waals surface area contributed by atoms with Crippen molar-refractivity contribution in [2.45, 2.75) is 47.1 Å². The zero-order valence-corrected chi connectivity index (χ0v) is 13.3. The number of halogens is 3. The maximum Gasteiger partial charge on any atom is 0.252 e. The predicted octanol–water partition coefficient (Wildman–Crippen LogP) is 1.39. The number of fused-ring (bicyclic) bond motifs is 1. The summed E-state index contributed by atoms with van der Waals surface area (Å²) >= 11 is 17.2. The maximum atomic E-state index is 9.68. The van der Waals surface area contributed by atoms with Crippen LogP contribution in [0.2, 0.25) is 0 Å². The smallest absolute Gasteiger partial charge is 0.252 e. The van der Waals surface area contributed by atoms with Crippen molar-refractivity contribution in [2.75, 3.05) is 7.11 Å². The number of ether oxygens (including phenoxy) is 4. The van der Waals surface area contributed by atoms with Gasteiger partial charge in [0.2, 0.25) is 15.9 Å². The van der Waals surface area contributed by atoms with Crippen LogP contribution < -0.4 is 0 Å². The first kappa shape index (κ1) is 16.2. The van der Waals surface area contributed by atoms with Gasteiger partial charge in [0.25, 0.3) is 5.79 Å². The Morgan fingerprint density at radius 1 is 1.19 bits per heavy atom. The molecule has 7 nitrogen and oxygen atoms in total. The van der Waals surface area contributed by atoms with Crippen molar-refractivity contribution in [1.29, 1.82) is 0 Å². The van der Waals surface area contributed by atoms with E-state index in [2.05, 4.69) is 0 Å². The van der Waals surface area contributed by atoms with E-state index in [1.54, 1.807) is 0 Å². The van der Waals surface area contributed by atoms with Gasteiger partial charge in [-0.2, -0.15) is 9.78 Å². The van der Waals surface area contributed by atoms with Crippen LogP contribution in [0.4, 0.5) is 0 Å². The molecule has 0 radical (unpaired) electrons. The molecule has 2 saturated heterocycles. The Morgan fingerprint density at radius 2 is 1.90 bits per heavy atom. The monoisotopic (exact) mass is 362 g/mol. The highest BCUT2D eigenvalue weighted by Crippen LogP contribution is 2.48. The normalized spacial score (nSPS) is 49.8. The molecule has 0 bridgehead atoms. The SMILES string of the molecule is CO[C@@H]1[C@H]2OC(C(Cl)(Cl)Cl)O[C@H]2OC12C=CC(C)(O)OO2. The van der Waals surface area contributed by atoms with Crippen molar-refractivity contribution in [3.8, 4) is 0 Å². The molecular formula is C11H13Cl3O7. The summed E-state index contributed by atoms with van der Waals surface area (Å²) in [5, 5.41) is 9.68. The summed E-state index contributed by atoms with van der Waals surface area (Å²) in [6.45, 7) is 1.40. The summed E-state index contributed by atoms with van der Waals surface area (Å²) < 4.78 is 20.2. The molecule has 0 amide bonds. The minimum absolute atomic E-state index is 0.688. The van der Waals surface area contributed by atoms with Gasteiger partial charge in [-0.1, -0.05) is 34.8 Å². The number of hydrogen-bond acceptors (Lipinski definition) is 7. The molecule has 1 spiro atoms. The molecular weight excluding hydrogens is 350 g/mol. The molecule has 3 rings (SSSR count).